The molecule has 0 aliphatic heterocycles. The molecule has 12 heteroatoms. The molecule has 3 aromatic rings. The Bertz CT molecular complexity index is 1170. The maximum absolute atomic E-state index is 14.9. The number of aliphatic hydroxyl groups excluding tert-OH is 1. The zero-order valence-corrected chi connectivity index (χ0v) is 17.5. The molecule has 2 aromatic carbocycles. The molecule has 174 valence electrons. The number of rotatable bonds is 6. The van der Waals surface area contributed by atoms with Crippen LogP contribution >= 0.6 is 11.6 Å². The first-order valence-electron chi connectivity index (χ1n) is 9.25. The van der Waals surface area contributed by atoms with E-state index in [9.17, 15) is 31.9 Å². The molecular formula is C21H15ClF5N3O3. The summed E-state index contributed by atoms with van der Waals surface area (Å²) in [5.74, 6) is -3.75. The lowest BCUT2D eigenvalue weighted by Crippen LogP contribution is -2.32. The Kier molecular flexibility index (Phi) is 7.13. The van der Waals surface area contributed by atoms with Gasteiger partial charge in [0, 0.05) is 5.56 Å². The van der Waals surface area contributed by atoms with Crippen molar-refractivity contribution in [1.82, 2.24) is 9.97 Å². The summed E-state index contributed by atoms with van der Waals surface area (Å²) in [5, 5.41) is 11.1. The Labute approximate surface area is 189 Å². The lowest BCUT2D eigenvalue weighted by molar-refractivity contribution is -0.189. The second-order valence-electron chi connectivity index (χ2n) is 6.73. The van der Waals surface area contributed by atoms with Crippen LogP contribution in [-0.4, -0.2) is 33.3 Å². The number of benzene rings is 2. The van der Waals surface area contributed by atoms with Crippen molar-refractivity contribution in [2.24, 2.45) is 0 Å². The van der Waals surface area contributed by atoms with Gasteiger partial charge in [-0.3, -0.25) is 9.78 Å². The highest BCUT2D eigenvalue weighted by molar-refractivity contribution is 6.34. The van der Waals surface area contributed by atoms with Crippen LogP contribution in [0.5, 0.6) is 5.75 Å². The lowest BCUT2D eigenvalue weighted by Gasteiger charge is -2.20. The van der Waals surface area contributed by atoms with E-state index in [0.29, 0.717) is 13.0 Å². The minimum absolute atomic E-state index is 0.0778. The van der Waals surface area contributed by atoms with Crippen LogP contribution in [0.3, 0.4) is 0 Å². The molecule has 0 radical (unpaired) electrons. The van der Waals surface area contributed by atoms with E-state index in [1.165, 1.54) is 18.3 Å². The van der Waals surface area contributed by atoms with E-state index in [4.69, 9.17) is 16.3 Å². The van der Waals surface area contributed by atoms with E-state index in [1.807, 2.05) is 0 Å². The minimum atomic E-state index is -4.80. The van der Waals surface area contributed by atoms with Crippen LogP contribution in [0.1, 0.15) is 23.0 Å². The summed E-state index contributed by atoms with van der Waals surface area (Å²) in [5.41, 5.74) is -1.45. The van der Waals surface area contributed by atoms with E-state index in [0.717, 1.165) is 18.3 Å². The van der Waals surface area contributed by atoms with E-state index < -0.39 is 53.4 Å². The summed E-state index contributed by atoms with van der Waals surface area (Å²) in [6.07, 6.45) is -4.83. The van der Waals surface area contributed by atoms with Crippen LogP contribution in [-0.2, 0) is 6.61 Å². The molecule has 0 spiro atoms. The molecule has 0 aliphatic carbocycles. The van der Waals surface area contributed by atoms with E-state index >= 15 is 0 Å². The van der Waals surface area contributed by atoms with Crippen molar-refractivity contribution in [2.45, 2.75) is 25.8 Å². The van der Waals surface area contributed by atoms with Crippen LogP contribution in [0, 0.1) is 11.6 Å². The topological polar surface area (TPSA) is 84.3 Å². The molecule has 0 saturated carbocycles. The van der Waals surface area contributed by atoms with Crippen LogP contribution in [0.2, 0.25) is 5.02 Å². The summed E-state index contributed by atoms with van der Waals surface area (Å²) in [6.45, 7) is 0.186. The average molecular weight is 488 g/mol. The molecule has 0 bridgehead atoms. The van der Waals surface area contributed by atoms with Gasteiger partial charge in [-0.25, -0.2) is 13.8 Å². The Balaban J connectivity index is 2.09. The average Bonchev–Trinajstić information content (AvgIpc) is 2.76. The van der Waals surface area contributed by atoms with Gasteiger partial charge < -0.3 is 15.2 Å². The number of aliphatic hydroxyl groups is 1. The number of alkyl halides is 3. The fourth-order valence-electron chi connectivity index (χ4n) is 2.69. The highest BCUT2D eigenvalue weighted by Gasteiger charge is 2.39. The van der Waals surface area contributed by atoms with Crippen molar-refractivity contribution in [1.29, 1.82) is 0 Å². The third-order valence-electron chi connectivity index (χ3n) is 4.40. The van der Waals surface area contributed by atoms with Gasteiger partial charge in [-0.15, -0.1) is 0 Å². The van der Waals surface area contributed by atoms with Gasteiger partial charge >= 0.3 is 6.18 Å². The van der Waals surface area contributed by atoms with Gasteiger partial charge in [0.2, 0.25) is 0 Å². The van der Waals surface area contributed by atoms with Crippen molar-refractivity contribution in [3.05, 3.63) is 70.6 Å². The van der Waals surface area contributed by atoms with Gasteiger partial charge in [0.25, 0.3) is 5.91 Å². The first-order chi connectivity index (χ1) is 15.5. The quantitative estimate of drug-likeness (QED) is 0.470. The smallest absolute Gasteiger partial charge is 0.425 e. The number of hydrogen-bond donors (Lipinski definition) is 2. The van der Waals surface area contributed by atoms with Gasteiger partial charge in [0.05, 0.1) is 46.7 Å². The number of nitrogens with zero attached hydrogens (tertiary/aromatic N) is 2. The fourth-order valence-corrected chi connectivity index (χ4v) is 2.90. The molecule has 1 amide bonds. The molecule has 1 aromatic heterocycles. The number of halogens is 6. The minimum Gasteiger partial charge on any atom is -0.480 e. The maximum atomic E-state index is 14.9. The van der Waals surface area contributed by atoms with E-state index in [-0.39, 0.29) is 22.0 Å². The number of amides is 1. The second kappa shape index (κ2) is 9.67. The van der Waals surface area contributed by atoms with Gasteiger partial charge in [-0.2, -0.15) is 13.2 Å². The Hall–Kier alpha value is -3.31. The molecule has 0 saturated heterocycles. The molecule has 0 fully saturated rings. The number of para-hydroxylation sites is 1. The molecule has 2 N–H and O–H groups in total. The molecule has 3 rings (SSSR count). The van der Waals surface area contributed by atoms with Gasteiger partial charge in [-0.05, 0) is 31.2 Å². The molecule has 6 nitrogen and oxygen atoms in total. The molecule has 1 heterocycles. The number of ether oxygens (including phenoxy) is 1. The fraction of sp³-hybridized carbons (Fsp3) is 0.190. The summed E-state index contributed by atoms with van der Waals surface area (Å²) < 4.78 is 73.2. The Morgan fingerprint density at radius 2 is 1.94 bits per heavy atom. The van der Waals surface area contributed by atoms with Crippen molar-refractivity contribution in [3.63, 3.8) is 0 Å². The Morgan fingerprint density at radius 3 is 2.58 bits per heavy atom. The zero-order chi connectivity index (χ0) is 24.3. The third kappa shape index (κ3) is 5.55. The maximum Gasteiger partial charge on any atom is 0.425 e. The summed E-state index contributed by atoms with van der Waals surface area (Å²) in [6, 6.07) is 5.04. The highest BCUT2D eigenvalue weighted by Crippen LogP contribution is 2.34. The monoisotopic (exact) mass is 487 g/mol. The number of aromatic nitrogens is 2. The van der Waals surface area contributed by atoms with Crippen molar-refractivity contribution in [2.75, 3.05) is 5.32 Å². The standard InChI is InChI=1S/C21H15ClF5N3O3/c1-10(21(25,26)27)33-18-6-12(17-8-28-7-11(9-31)29-17)16(24)5-13(18)20(32)30-19-14(22)3-2-4-15(19)23/h2-8,10,31H,9H2,1H3,(H,30,32)/t10-/m0/s1. The lowest BCUT2D eigenvalue weighted by atomic mass is 10.1. The highest BCUT2D eigenvalue weighted by atomic mass is 35.5. The van der Waals surface area contributed by atoms with Gasteiger partial charge in [0.1, 0.15) is 17.4 Å². The third-order valence-corrected chi connectivity index (χ3v) is 4.72. The zero-order valence-electron chi connectivity index (χ0n) is 16.8. The van der Waals surface area contributed by atoms with Crippen molar-refractivity contribution >= 4 is 23.2 Å². The van der Waals surface area contributed by atoms with Crippen LogP contribution in [0.4, 0.5) is 27.6 Å². The largest absolute Gasteiger partial charge is 0.480 e. The van der Waals surface area contributed by atoms with Crippen LogP contribution < -0.4 is 10.1 Å². The van der Waals surface area contributed by atoms with Crippen molar-refractivity contribution in [3.8, 4) is 17.0 Å². The SMILES string of the molecule is C[C@H](Oc1cc(-c2cncc(CO)n2)c(F)cc1C(=O)Nc1c(F)cccc1Cl)C(F)(F)F. The molecular weight excluding hydrogens is 473 g/mol. The van der Waals surface area contributed by atoms with Crippen molar-refractivity contribution < 1.29 is 36.6 Å². The number of anilines is 1. The summed E-state index contributed by atoms with van der Waals surface area (Å²) >= 11 is 5.87. The van der Waals surface area contributed by atoms with E-state index in [1.54, 1.807) is 0 Å². The molecule has 0 unspecified atom stereocenters. The molecule has 33 heavy (non-hydrogen) atoms. The number of nitrogens with one attached hydrogen (secondary N) is 1. The predicted octanol–water partition coefficient (Wildman–Crippen LogP) is 5.15. The number of carbonyl (C=O) groups is 1. The summed E-state index contributed by atoms with van der Waals surface area (Å²) in [7, 11) is 0. The number of carbonyl (C=O) groups excluding carboxylic acids is 1. The Morgan fingerprint density at radius 1 is 1.21 bits per heavy atom. The first kappa shape index (κ1) is 24.3. The predicted molar refractivity (Wildman–Crippen MR) is 109 cm³/mol. The second-order valence-corrected chi connectivity index (χ2v) is 7.14. The molecule has 1 atom stereocenters. The first-order valence-corrected chi connectivity index (χ1v) is 9.63. The van der Waals surface area contributed by atoms with E-state index in [2.05, 4.69) is 15.3 Å². The normalized spacial score (nSPS) is 12.4. The van der Waals surface area contributed by atoms with Gasteiger partial charge in [-0.1, -0.05) is 17.7 Å². The summed E-state index contributed by atoms with van der Waals surface area (Å²) in [4.78, 5) is 20.5. The van der Waals surface area contributed by atoms with Crippen LogP contribution in [0.15, 0.2) is 42.7 Å². The van der Waals surface area contributed by atoms with Crippen LogP contribution in [0.25, 0.3) is 11.3 Å². The number of hydrogen-bond acceptors (Lipinski definition) is 5. The molecule has 0 aliphatic rings. The van der Waals surface area contributed by atoms with Gasteiger partial charge in [0.15, 0.2) is 6.10 Å².